The van der Waals surface area contributed by atoms with E-state index in [0.717, 1.165) is 0 Å². The Balaban J connectivity index is 1.99. The lowest BCUT2D eigenvalue weighted by Gasteiger charge is -2.16. The Kier molecular flexibility index (Phi) is 2.85. The van der Waals surface area contributed by atoms with Crippen LogP contribution in [0.2, 0.25) is 0 Å². The molecule has 0 aliphatic carbocycles. The van der Waals surface area contributed by atoms with Crippen LogP contribution in [0.25, 0.3) is 62.6 Å². The quantitative estimate of drug-likeness (QED) is 0.179. The molecule has 0 amide bonds. The zero-order chi connectivity index (χ0) is 18.2. The van der Waals surface area contributed by atoms with Crippen molar-refractivity contribution in [3.8, 4) is 0 Å². The van der Waals surface area contributed by atoms with Crippen molar-refractivity contribution < 1.29 is 0 Å². The Morgan fingerprint density at radius 3 is 2.25 bits per heavy atom. The molecule has 0 aliphatic heterocycles. The topological polar surface area (TPSA) is 0 Å². The van der Waals surface area contributed by atoms with Gasteiger partial charge in [-0.2, -0.15) is 0 Å². The summed E-state index contributed by atoms with van der Waals surface area (Å²) in [7, 11) is 0. The normalized spacial score (nSPS) is 12.3. The smallest absolute Gasteiger partial charge is 0.0540 e. The fraction of sp³-hybridized carbons (Fsp3) is 0. The van der Waals surface area contributed by atoms with Gasteiger partial charge in [0.2, 0.25) is 0 Å². The van der Waals surface area contributed by atoms with E-state index in [0.29, 0.717) is 0 Å². The van der Waals surface area contributed by atoms with Gasteiger partial charge in [0, 0.05) is 26.2 Å². The lowest BCUT2D eigenvalue weighted by Crippen LogP contribution is -1.87. The van der Waals surface area contributed by atoms with E-state index >= 15 is 0 Å². The van der Waals surface area contributed by atoms with Gasteiger partial charge in [-0.25, -0.2) is 0 Å². The zero-order valence-electron chi connectivity index (χ0n) is 14.9. The molecule has 7 rings (SSSR count). The first-order valence-electron chi connectivity index (χ1n) is 9.45. The van der Waals surface area contributed by atoms with Crippen LogP contribution in [0.5, 0.6) is 0 Å². The largest absolute Gasteiger partial charge is 0.142 e. The monoisotopic (exact) mass is 390 g/mol. The average Bonchev–Trinajstić information content (AvgIpc) is 2.76. The Labute approximate surface area is 169 Å². The van der Waals surface area contributed by atoms with E-state index in [1.807, 2.05) is 22.7 Å². The molecule has 0 nitrogen and oxygen atoms in total. The maximum Gasteiger partial charge on any atom is 0.0540 e. The predicted octanol–water partition coefficient (Wildman–Crippen LogP) is 8.73. The highest BCUT2D eigenvalue weighted by Crippen LogP contribution is 2.48. The minimum absolute atomic E-state index is 1.32. The van der Waals surface area contributed by atoms with Crippen LogP contribution >= 0.6 is 22.7 Å². The van der Waals surface area contributed by atoms with Crippen LogP contribution in [-0.4, -0.2) is 0 Å². The van der Waals surface area contributed by atoms with Crippen LogP contribution in [0.4, 0.5) is 0 Å². The van der Waals surface area contributed by atoms with E-state index in [1.54, 1.807) is 0 Å². The van der Waals surface area contributed by atoms with Crippen LogP contribution in [0, 0.1) is 0 Å². The molecule has 0 bridgehead atoms. The highest BCUT2D eigenvalue weighted by Gasteiger charge is 2.17. The molecular weight excluding hydrogens is 376 g/mol. The summed E-state index contributed by atoms with van der Waals surface area (Å²) in [4.78, 5) is 0. The molecule has 0 spiro atoms. The minimum Gasteiger partial charge on any atom is -0.142 e. The predicted molar refractivity (Wildman–Crippen MR) is 127 cm³/mol. The Bertz CT molecular complexity index is 1590. The van der Waals surface area contributed by atoms with Gasteiger partial charge >= 0.3 is 0 Å². The molecule has 0 atom stereocenters. The second-order valence-electron chi connectivity index (χ2n) is 7.34. The first-order valence-corrected chi connectivity index (χ1v) is 11.1. The standard InChI is InChI=1S/C26H14S2/c1-2-8-17-16(6-1)14-20-18-10-5-7-15-12-13-27-25(22(15)18)26-24(20)23(17)19-9-3-4-11-21(19)28-26/h1-14H. The maximum atomic E-state index is 2.40. The second kappa shape index (κ2) is 5.32. The molecule has 2 heteroatoms. The van der Waals surface area contributed by atoms with Gasteiger partial charge < -0.3 is 0 Å². The van der Waals surface area contributed by atoms with E-state index in [4.69, 9.17) is 0 Å². The SMILES string of the molecule is c1ccc2c(c1)cc1c3cccc4ccsc(c5sc6ccccc6c2c15)c43. The Morgan fingerprint density at radius 1 is 0.500 bits per heavy atom. The third-order valence-electron chi connectivity index (χ3n) is 5.90. The number of benzene rings is 5. The second-order valence-corrected chi connectivity index (χ2v) is 9.31. The van der Waals surface area contributed by atoms with Crippen molar-refractivity contribution in [2.75, 3.05) is 0 Å². The molecule has 0 fully saturated rings. The molecule has 2 aromatic heterocycles. The van der Waals surface area contributed by atoms with Gasteiger partial charge in [0.15, 0.2) is 0 Å². The van der Waals surface area contributed by atoms with Crippen LogP contribution in [0.1, 0.15) is 0 Å². The summed E-state index contributed by atoms with van der Waals surface area (Å²) >= 11 is 3.81. The summed E-state index contributed by atoms with van der Waals surface area (Å²) in [6.07, 6.45) is 0. The molecule has 130 valence electrons. The minimum atomic E-state index is 1.32. The molecule has 5 aromatic carbocycles. The summed E-state index contributed by atoms with van der Waals surface area (Å²) < 4.78 is 4.19. The Morgan fingerprint density at radius 2 is 1.29 bits per heavy atom. The molecule has 0 saturated carbocycles. The highest BCUT2D eigenvalue weighted by atomic mass is 32.1. The van der Waals surface area contributed by atoms with Crippen molar-refractivity contribution in [1.82, 2.24) is 0 Å². The van der Waals surface area contributed by atoms with E-state index < -0.39 is 0 Å². The number of fused-ring (bicyclic) bond motifs is 6. The summed E-state index contributed by atoms with van der Waals surface area (Å²) in [5.41, 5.74) is 0. The van der Waals surface area contributed by atoms with E-state index in [2.05, 4.69) is 84.2 Å². The molecule has 28 heavy (non-hydrogen) atoms. The summed E-state index contributed by atoms with van der Waals surface area (Å²) in [5, 5.41) is 14.6. The fourth-order valence-electron chi connectivity index (χ4n) is 4.75. The van der Waals surface area contributed by atoms with E-state index in [1.165, 1.54) is 62.6 Å². The van der Waals surface area contributed by atoms with Gasteiger partial charge in [0.05, 0.1) is 9.40 Å². The summed E-state index contributed by atoms with van der Waals surface area (Å²) in [5.74, 6) is 0. The van der Waals surface area contributed by atoms with Crippen LogP contribution in [-0.2, 0) is 0 Å². The first-order chi connectivity index (χ1) is 13.9. The highest BCUT2D eigenvalue weighted by molar-refractivity contribution is 7.30. The maximum absolute atomic E-state index is 2.40. The van der Waals surface area contributed by atoms with Crippen molar-refractivity contribution in [1.29, 1.82) is 0 Å². The third-order valence-corrected chi connectivity index (χ3v) is 8.13. The van der Waals surface area contributed by atoms with Gasteiger partial charge in [0.1, 0.15) is 0 Å². The summed E-state index contributed by atoms with van der Waals surface area (Å²) in [6, 6.07) is 29.1. The van der Waals surface area contributed by atoms with Crippen LogP contribution in [0.15, 0.2) is 84.2 Å². The van der Waals surface area contributed by atoms with Gasteiger partial charge in [0.25, 0.3) is 0 Å². The molecule has 0 N–H and O–H groups in total. The molecule has 2 heterocycles. The molecular formula is C26H14S2. The van der Waals surface area contributed by atoms with Crippen molar-refractivity contribution in [2.45, 2.75) is 0 Å². The summed E-state index contributed by atoms with van der Waals surface area (Å²) in [6.45, 7) is 0. The van der Waals surface area contributed by atoms with Crippen LogP contribution in [0.3, 0.4) is 0 Å². The average molecular weight is 391 g/mol. The van der Waals surface area contributed by atoms with E-state index in [9.17, 15) is 0 Å². The fourth-order valence-corrected chi connectivity index (χ4v) is 7.08. The van der Waals surface area contributed by atoms with Crippen molar-refractivity contribution in [2.24, 2.45) is 0 Å². The van der Waals surface area contributed by atoms with Gasteiger partial charge in [-0.15, -0.1) is 22.7 Å². The van der Waals surface area contributed by atoms with Gasteiger partial charge in [-0.05, 0) is 50.5 Å². The molecule has 0 aliphatic rings. The molecule has 0 radical (unpaired) electrons. The van der Waals surface area contributed by atoms with E-state index in [-0.39, 0.29) is 0 Å². The van der Waals surface area contributed by atoms with Crippen LogP contribution < -0.4 is 0 Å². The lowest BCUT2D eigenvalue weighted by atomic mass is 9.92. The third kappa shape index (κ3) is 1.80. The van der Waals surface area contributed by atoms with Crippen molar-refractivity contribution >= 4 is 85.2 Å². The van der Waals surface area contributed by atoms with Gasteiger partial charge in [-0.1, -0.05) is 60.7 Å². The number of rotatable bonds is 0. The Hall–Kier alpha value is -2.94. The van der Waals surface area contributed by atoms with Gasteiger partial charge in [-0.3, -0.25) is 0 Å². The van der Waals surface area contributed by atoms with Crippen molar-refractivity contribution in [3.63, 3.8) is 0 Å². The molecule has 0 saturated heterocycles. The molecule has 7 aromatic rings. The number of hydrogen-bond donors (Lipinski definition) is 0. The zero-order valence-corrected chi connectivity index (χ0v) is 16.5. The van der Waals surface area contributed by atoms with Crippen molar-refractivity contribution in [3.05, 3.63) is 84.2 Å². The first kappa shape index (κ1) is 15.0. The number of hydrogen-bond acceptors (Lipinski definition) is 2. The molecule has 0 unspecified atom stereocenters. The lowest BCUT2D eigenvalue weighted by molar-refractivity contribution is 1.82.